The number of rotatable bonds is 4. The lowest BCUT2D eigenvalue weighted by Crippen LogP contribution is -2.19. The van der Waals surface area contributed by atoms with Gasteiger partial charge in [0.25, 0.3) is 5.91 Å². The van der Waals surface area contributed by atoms with Gasteiger partial charge in [-0.05, 0) is 42.1 Å². The van der Waals surface area contributed by atoms with Crippen LogP contribution in [0, 0.1) is 0 Å². The van der Waals surface area contributed by atoms with Gasteiger partial charge in [0.15, 0.2) is 0 Å². The summed E-state index contributed by atoms with van der Waals surface area (Å²) in [6, 6.07) is 10.7. The molecule has 0 saturated carbocycles. The lowest BCUT2D eigenvalue weighted by molar-refractivity contribution is -0.0328. The summed E-state index contributed by atoms with van der Waals surface area (Å²) in [6.45, 7) is 0. The van der Waals surface area contributed by atoms with Crippen LogP contribution in [-0.2, 0) is 0 Å². The molecule has 2 aromatic carbocycles. The van der Waals surface area contributed by atoms with Crippen molar-refractivity contribution in [2.24, 2.45) is 5.73 Å². The number of amides is 3. The quantitative estimate of drug-likeness (QED) is 0.724. The summed E-state index contributed by atoms with van der Waals surface area (Å²) in [4.78, 5) is 22.9. The van der Waals surface area contributed by atoms with E-state index in [2.05, 4.69) is 10.6 Å². The Balaban J connectivity index is 2.20. The normalized spacial score (nSPS) is 11.0. The number of halogens is 3. The molecule has 0 saturated heterocycles. The van der Waals surface area contributed by atoms with Crippen LogP contribution in [0.1, 0.15) is 10.4 Å². The zero-order valence-electron chi connectivity index (χ0n) is 12.1. The molecule has 0 heterocycles. The number of nitrogens with two attached hydrogens (primary N) is 1. The van der Waals surface area contributed by atoms with Crippen LogP contribution in [0.25, 0.3) is 0 Å². The Bertz CT molecular complexity index is 766. The molecule has 9 heteroatoms. The Kier molecular flexibility index (Phi) is 5.35. The van der Waals surface area contributed by atoms with Gasteiger partial charge < -0.3 is 16.4 Å². The second-order valence-electron chi connectivity index (χ2n) is 4.57. The fraction of sp³-hybridized carbons (Fsp3) is 0.0667. The minimum atomic E-state index is -4.50. The number of alkyl halides is 3. The smallest absolute Gasteiger partial charge is 0.351 e. The molecule has 0 aliphatic carbocycles. The predicted octanol–water partition coefficient (Wildman–Crippen LogP) is 4.04. The fourth-order valence-electron chi connectivity index (χ4n) is 1.88. The highest BCUT2D eigenvalue weighted by molar-refractivity contribution is 8.00. The average molecular weight is 355 g/mol. The van der Waals surface area contributed by atoms with E-state index >= 15 is 0 Å². The van der Waals surface area contributed by atoms with E-state index in [4.69, 9.17) is 5.73 Å². The highest BCUT2D eigenvalue weighted by Gasteiger charge is 2.31. The van der Waals surface area contributed by atoms with Crippen molar-refractivity contribution in [1.29, 1.82) is 0 Å². The van der Waals surface area contributed by atoms with Crippen molar-refractivity contribution in [3.63, 3.8) is 0 Å². The summed E-state index contributed by atoms with van der Waals surface area (Å²) < 4.78 is 37.7. The van der Waals surface area contributed by atoms with E-state index in [-0.39, 0.29) is 22.2 Å². The molecule has 0 aliphatic heterocycles. The first-order valence-corrected chi connectivity index (χ1v) is 7.39. The summed E-state index contributed by atoms with van der Waals surface area (Å²) in [5.74, 6) is -0.696. The van der Waals surface area contributed by atoms with Gasteiger partial charge in [0.2, 0.25) is 0 Å². The van der Waals surface area contributed by atoms with Crippen molar-refractivity contribution in [3.05, 3.63) is 54.1 Å². The van der Waals surface area contributed by atoms with E-state index in [1.165, 1.54) is 36.4 Å². The highest BCUT2D eigenvalue weighted by atomic mass is 32.2. The predicted molar refractivity (Wildman–Crippen MR) is 86.0 cm³/mol. The number of thioether (sulfide) groups is 1. The number of urea groups is 1. The van der Waals surface area contributed by atoms with Crippen LogP contribution in [0.2, 0.25) is 0 Å². The molecule has 0 fully saturated rings. The maximum absolute atomic E-state index is 12.6. The molecule has 0 aromatic heterocycles. The number of hydrogen-bond acceptors (Lipinski definition) is 3. The maximum Gasteiger partial charge on any atom is 0.446 e. The van der Waals surface area contributed by atoms with Gasteiger partial charge in [-0.1, -0.05) is 18.2 Å². The first-order chi connectivity index (χ1) is 11.2. The van der Waals surface area contributed by atoms with Crippen molar-refractivity contribution < 1.29 is 22.8 Å². The largest absolute Gasteiger partial charge is 0.446 e. The minimum Gasteiger partial charge on any atom is -0.351 e. The summed E-state index contributed by atoms with van der Waals surface area (Å²) in [6.07, 6.45) is 0. The molecule has 0 radical (unpaired) electrons. The lowest BCUT2D eigenvalue weighted by atomic mass is 10.2. The number of benzene rings is 2. The van der Waals surface area contributed by atoms with Crippen LogP contribution in [-0.4, -0.2) is 17.4 Å². The Morgan fingerprint density at radius 2 is 1.58 bits per heavy atom. The van der Waals surface area contributed by atoms with E-state index in [0.29, 0.717) is 11.4 Å². The fourth-order valence-corrected chi connectivity index (χ4v) is 2.55. The van der Waals surface area contributed by atoms with Crippen LogP contribution >= 0.6 is 11.8 Å². The van der Waals surface area contributed by atoms with E-state index in [9.17, 15) is 22.8 Å². The monoisotopic (exact) mass is 355 g/mol. The SMILES string of the molecule is NC(=O)Nc1cccc(NC(=O)c2ccccc2SC(F)(F)F)c1. The molecule has 126 valence electrons. The second kappa shape index (κ2) is 7.26. The average Bonchev–Trinajstić information content (AvgIpc) is 2.45. The molecule has 2 aromatic rings. The van der Waals surface area contributed by atoms with Crippen LogP contribution in [0.3, 0.4) is 0 Å². The maximum atomic E-state index is 12.6. The second-order valence-corrected chi connectivity index (χ2v) is 5.68. The number of hydrogen-bond donors (Lipinski definition) is 3. The summed E-state index contributed by atoms with van der Waals surface area (Å²) in [7, 11) is 0. The molecular formula is C15H12F3N3O2S. The van der Waals surface area contributed by atoms with Gasteiger partial charge in [-0.3, -0.25) is 4.79 Å². The van der Waals surface area contributed by atoms with Crippen LogP contribution in [0.15, 0.2) is 53.4 Å². The van der Waals surface area contributed by atoms with Gasteiger partial charge in [-0.2, -0.15) is 13.2 Å². The lowest BCUT2D eigenvalue weighted by Gasteiger charge is -2.12. The van der Waals surface area contributed by atoms with Crippen molar-refractivity contribution in [2.45, 2.75) is 10.4 Å². The highest BCUT2D eigenvalue weighted by Crippen LogP contribution is 2.38. The van der Waals surface area contributed by atoms with Crippen molar-refractivity contribution in [3.8, 4) is 0 Å². The third kappa shape index (κ3) is 5.20. The molecule has 0 atom stereocenters. The Labute approximate surface area is 139 Å². The zero-order chi connectivity index (χ0) is 17.7. The molecular weight excluding hydrogens is 343 g/mol. The summed E-state index contributed by atoms with van der Waals surface area (Å²) in [5.41, 5.74) is 1.05. The first-order valence-electron chi connectivity index (χ1n) is 6.57. The Morgan fingerprint density at radius 3 is 2.21 bits per heavy atom. The van der Waals surface area contributed by atoms with Crippen LogP contribution in [0.5, 0.6) is 0 Å². The third-order valence-electron chi connectivity index (χ3n) is 2.75. The number of carbonyl (C=O) groups excluding carboxylic acids is 2. The Hall–Kier alpha value is -2.68. The van der Waals surface area contributed by atoms with Gasteiger partial charge in [-0.15, -0.1) is 0 Å². The number of nitrogens with one attached hydrogen (secondary N) is 2. The molecule has 2 rings (SSSR count). The third-order valence-corrected chi connectivity index (χ3v) is 3.55. The van der Waals surface area contributed by atoms with E-state index < -0.39 is 17.4 Å². The molecule has 4 N–H and O–H groups in total. The van der Waals surface area contributed by atoms with Crippen LogP contribution < -0.4 is 16.4 Å². The Morgan fingerprint density at radius 1 is 0.958 bits per heavy atom. The van der Waals surface area contributed by atoms with Gasteiger partial charge in [0.05, 0.1) is 5.56 Å². The molecule has 0 aliphatic rings. The zero-order valence-corrected chi connectivity index (χ0v) is 12.9. The number of anilines is 2. The summed E-state index contributed by atoms with van der Waals surface area (Å²) >= 11 is -0.357. The number of primary amides is 1. The topological polar surface area (TPSA) is 84.2 Å². The van der Waals surface area contributed by atoms with Crippen molar-refractivity contribution >= 4 is 35.1 Å². The minimum absolute atomic E-state index is 0.104. The van der Waals surface area contributed by atoms with E-state index in [1.807, 2.05) is 0 Å². The molecule has 0 unspecified atom stereocenters. The van der Waals surface area contributed by atoms with Gasteiger partial charge >= 0.3 is 11.5 Å². The van der Waals surface area contributed by atoms with Gasteiger partial charge in [0.1, 0.15) is 0 Å². The van der Waals surface area contributed by atoms with Crippen molar-refractivity contribution in [2.75, 3.05) is 10.6 Å². The standard InChI is InChI=1S/C15H12F3N3O2S/c16-15(17,18)24-12-7-2-1-6-11(12)13(22)20-9-4-3-5-10(8-9)21-14(19)23/h1-8H,(H,20,22)(H3,19,21,23). The number of carbonyl (C=O) groups is 2. The first kappa shape index (κ1) is 17.7. The van der Waals surface area contributed by atoms with Gasteiger partial charge in [0, 0.05) is 16.3 Å². The van der Waals surface area contributed by atoms with E-state index in [1.54, 1.807) is 12.1 Å². The molecule has 3 amide bonds. The molecule has 5 nitrogen and oxygen atoms in total. The molecule has 0 spiro atoms. The summed E-state index contributed by atoms with van der Waals surface area (Å²) in [5, 5.41) is 4.82. The van der Waals surface area contributed by atoms with Crippen molar-refractivity contribution in [1.82, 2.24) is 0 Å². The van der Waals surface area contributed by atoms with Crippen LogP contribution in [0.4, 0.5) is 29.3 Å². The van der Waals surface area contributed by atoms with E-state index in [0.717, 1.165) is 0 Å². The van der Waals surface area contributed by atoms with Gasteiger partial charge in [-0.25, -0.2) is 4.79 Å². The molecule has 24 heavy (non-hydrogen) atoms. The molecule has 0 bridgehead atoms.